The number of pyridine rings is 2. The first-order valence-electron chi connectivity index (χ1n) is 7.53. The van der Waals surface area contributed by atoms with Gasteiger partial charge in [-0.15, -0.1) is 0 Å². The number of rotatable bonds is 5. The topological polar surface area (TPSA) is 81.9 Å². The van der Waals surface area contributed by atoms with Gasteiger partial charge in [-0.3, -0.25) is 4.57 Å². The first kappa shape index (κ1) is 15.7. The Morgan fingerprint density at radius 1 is 1.29 bits per heavy atom. The van der Waals surface area contributed by atoms with Gasteiger partial charge in [0, 0.05) is 24.3 Å². The van der Waals surface area contributed by atoms with Crippen LogP contribution in [0.25, 0.3) is 5.82 Å². The number of hydrogen-bond donors (Lipinski definition) is 1. The molecule has 0 unspecified atom stereocenters. The molecule has 0 amide bonds. The lowest BCUT2D eigenvalue weighted by Crippen LogP contribution is -2.07. The maximum Gasteiger partial charge on any atom is 0.356 e. The van der Waals surface area contributed by atoms with Crippen molar-refractivity contribution in [1.82, 2.24) is 19.5 Å². The molecule has 0 aliphatic rings. The summed E-state index contributed by atoms with van der Waals surface area (Å²) < 4.78 is 6.79. The number of aromatic nitrogens is 4. The molecule has 0 radical (unpaired) electrons. The Morgan fingerprint density at radius 2 is 2.17 bits per heavy atom. The van der Waals surface area contributed by atoms with Crippen molar-refractivity contribution in [3.8, 4) is 5.82 Å². The Hall–Kier alpha value is -3.22. The molecule has 3 rings (SSSR count). The molecule has 24 heavy (non-hydrogen) atoms. The lowest BCUT2D eigenvalue weighted by Gasteiger charge is -2.10. The molecule has 122 valence electrons. The summed E-state index contributed by atoms with van der Waals surface area (Å²) in [7, 11) is 0. The van der Waals surface area contributed by atoms with Crippen LogP contribution < -0.4 is 5.32 Å². The van der Waals surface area contributed by atoms with Gasteiger partial charge in [-0.2, -0.15) is 0 Å². The van der Waals surface area contributed by atoms with Crippen molar-refractivity contribution in [2.45, 2.75) is 13.8 Å². The minimum absolute atomic E-state index is 0.254. The summed E-state index contributed by atoms with van der Waals surface area (Å²) in [6.07, 6.45) is 6.78. The number of ether oxygens (including phenoxy) is 1. The SMILES string of the molecule is CCOC(=O)c1cc(Nc2cc(C)cc(-n3ccnc3)n2)ccn1. The zero-order chi connectivity index (χ0) is 16.9. The van der Waals surface area contributed by atoms with Gasteiger partial charge in [-0.25, -0.2) is 19.7 Å². The number of carbonyl (C=O) groups is 1. The van der Waals surface area contributed by atoms with Gasteiger partial charge in [0.25, 0.3) is 0 Å². The highest BCUT2D eigenvalue weighted by Crippen LogP contribution is 2.19. The molecular weight excluding hydrogens is 306 g/mol. The maximum atomic E-state index is 11.8. The van der Waals surface area contributed by atoms with E-state index in [0.29, 0.717) is 18.1 Å². The molecule has 0 aliphatic carbocycles. The van der Waals surface area contributed by atoms with Gasteiger partial charge >= 0.3 is 5.97 Å². The number of carbonyl (C=O) groups excluding carboxylic acids is 1. The van der Waals surface area contributed by atoms with Crippen LogP contribution in [0, 0.1) is 6.92 Å². The molecule has 0 saturated heterocycles. The Labute approximate surface area is 139 Å². The highest BCUT2D eigenvalue weighted by atomic mass is 16.5. The molecular formula is C17H17N5O2. The molecule has 0 spiro atoms. The molecule has 0 aliphatic heterocycles. The Morgan fingerprint density at radius 3 is 2.92 bits per heavy atom. The number of nitrogens with zero attached hydrogens (tertiary/aromatic N) is 4. The van der Waals surface area contributed by atoms with E-state index in [-0.39, 0.29) is 5.69 Å². The van der Waals surface area contributed by atoms with E-state index in [1.807, 2.05) is 29.8 Å². The molecule has 0 fully saturated rings. The Kier molecular flexibility index (Phi) is 4.51. The number of nitrogens with one attached hydrogen (secondary N) is 1. The van der Waals surface area contributed by atoms with Crippen LogP contribution in [0.15, 0.2) is 49.2 Å². The van der Waals surface area contributed by atoms with E-state index in [1.165, 1.54) is 0 Å². The average Bonchev–Trinajstić information content (AvgIpc) is 3.09. The van der Waals surface area contributed by atoms with E-state index in [0.717, 1.165) is 11.4 Å². The van der Waals surface area contributed by atoms with Crippen LogP contribution in [0.1, 0.15) is 23.0 Å². The second-order valence-electron chi connectivity index (χ2n) is 5.13. The van der Waals surface area contributed by atoms with Crippen LogP contribution in [-0.4, -0.2) is 32.1 Å². The first-order valence-corrected chi connectivity index (χ1v) is 7.53. The normalized spacial score (nSPS) is 10.4. The lowest BCUT2D eigenvalue weighted by molar-refractivity contribution is 0.0519. The van der Waals surface area contributed by atoms with Crippen molar-refractivity contribution < 1.29 is 9.53 Å². The van der Waals surface area contributed by atoms with Crippen LogP contribution in [0.5, 0.6) is 0 Å². The molecule has 7 nitrogen and oxygen atoms in total. The molecule has 0 bridgehead atoms. The van der Waals surface area contributed by atoms with E-state index in [1.54, 1.807) is 37.8 Å². The smallest absolute Gasteiger partial charge is 0.356 e. The number of hydrogen-bond acceptors (Lipinski definition) is 6. The summed E-state index contributed by atoms with van der Waals surface area (Å²) in [5, 5.41) is 3.19. The fraction of sp³-hybridized carbons (Fsp3) is 0.176. The predicted molar refractivity (Wildman–Crippen MR) is 89.6 cm³/mol. The number of esters is 1. The molecule has 1 N–H and O–H groups in total. The first-order chi connectivity index (χ1) is 11.7. The minimum Gasteiger partial charge on any atom is -0.461 e. The Balaban J connectivity index is 1.86. The monoisotopic (exact) mass is 323 g/mol. The quantitative estimate of drug-likeness (QED) is 0.727. The van der Waals surface area contributed by atoms with E-state index in [4.69, 9.17) is 4.74 Å². The van der Waals surface area contributed by atoms with Gasteiger partial charge in [-0.1, -0.05) is 0 Å². The molecule has 0 aromatic carbocycles. The standard InChI is InChI=1S/C17H17N5O2/c1-3-24-17(23)14-10-13(4-5-19-14)20-15-8-12(2)9-16(21-15)22-7-6-18-11-22/h4-11H,3H2,1-2H3,(H,19,20,21). The molecule has 3 heterocycles. The van der Waals surface area contributed by atoms with Crippen molar-refractivity contribution in [1.29, 1.82) is 0 Å². The highest BCUT2D eigenvalue weighted by molar-refractivity contribution is 5.88. The Bertz CT molecular complexity index is 846. The molecule has 7 heteroatoms. The van der Waals surface area contributed by atoms with E-state index in [9.17, 15) is 4.79 Å². The third-order valence-electron chi connectivity index (χ3n) is 3.24. The fourth-order valence-corrected chi connectivity index (χ4v) is 2.21. The highest BCUT2D eigenvalue weighted by Gasteiger charge is 2.09. The second-order valence-corrected chi connectivity index (χ2v) is 5.13. The number of aryl methyl sites for hydroxylation is 1. The van der Waals surface area contributed by atoms with Gasteiger partial charge in [0.1, 0.15) is 23.7 Å². The van der Waals surface area contributed by atoms with Crippen LogP contribution in [0.4, 0.5) is 11.5 Å². The maximum absolute atomic E-state index is 11.8. The predicted octanol–water partition coefficient (Wildman–Crippen LogP) is 2.89. The van der Waals surface area contributed by atoms with Crippen LogP contribution in [-0.2, 0) is 4.74 Å². The van der Waals surface area contributed by atoms with Gasteiger partial charge < -0.3 is 10.1 Å². The van der Waals surface area contributed by atoms with Gasteiger partial charge in [0.05, 0.1) is 6.61 Å². The summed E-state index contributed by atoms with van der Waals surface area (Å²) in [5.74, 6) is 0.979. The van der Waals surface area contributed by atoms with Gasteiger partial charge in [0.15, 0.2) is 0 Å². The average molecular weight is 323 g/mol. The zero-order valence-corrected chi connectivity index (χ0v) is 13.4. The molecule has 3 aromatic rings. The second kappa shape index (κ2) is 6.91. The summed E-state index contributed by atoms with van der Waals surface area (Å²) in [4.78, 5) is 24.4. The molecule has 0 saturated carbocycles. The third-order valence-corrected chi connectivity index (χ3v) is 3.24. The van der Waals surface area contributed by atoms with Crippen molar-refractivity contribution in [2.24, 2.45) is 0 Å². The summed E-state index contributed by atoms with van der Waals surface area (Å²) >= 11 is 0. The van der Waals surface area contributed by atoms with Crippen LogP contribution in [0.3, 0.4) is 0 Å². The third kappa shape index (κ3) is 3.57. The van der Waals surface area contributed by atoms with Crippen molar-refractivity contribution in [2.75, 3.05) is 11.9 Å². The van der Waals surface area contributed by atoms with Crippen molar-refractivity contribution in [3.63, 3.8) is 0 Å². The zero-order valence-electron chi connectivity index (χ0n) is 13.4. The number of anilines is 2. The van der Waals surface area contributed by atoms with Crippen LogP contribution >= 0.6 is 0 Å². The van der Waals surface area contributed by atoms with Crippen LogP contribution in [0.2, 0.25) is 0 Å². The minimum atomic E-state index is -0.447. The summed E-state index contributed by atoms with van der Waals surface area (Å²) in [6.45, 7) is 4.06. The van der Waals surface area contributed by atoms with E-state index >= 15 is 0 Å². The van der Waals surface area contributed by atoms with Crippen molar-refractivity contribution >= 4 is 17.5 Å². The summed E-state index contributed by atoms with van der Waals surface area (Å²) in [5.41, 5.74) is 2.02. The van der Waals surface area contributed by atoms with Gasteiger partial charge in [-0.05, 0) is 43.7 Å². The van der Waals surface area contributed by atoms with E-state index in [2.05, 4.69) is 20.3 Å². The lowest BCUT2D eigenvalue weighted by atomic mass is 10.2. The largest absolute Gasteiger partial charge is 0.461 e. The molecule has 0 atom stereocenters. The summed E-state index contributed by atoms with van der Waals surface area (Å²) in [6, 6.07) is 7.29. The fourth-order valence-electron chi connectivity index (χ4n) is 2.21. The van der Waals surface area contributed by atoms with E-state index < -0.39 is 5.97 Å². The number of imidazole rings is 1. The van der Waals surface area contributed by atoms with Gasteiger partial charge in [0.2, 0.25) is 0 Å². The van der Waals surface area contributed by atoms with Crippen molar-refractivity contribution in [3.05, 3.63) is 60.4 Å². The molecule has 3 aromatic heterocycles.